The number of primary amides is 1. The van der Waals surface area contributed by atoms with E-state index in [1.807, 2.05) is 4.90 Å². The van der Waals surface area contributed by atoms with Crippen molar-refractivity contribution in [3.05, 3.63) is 64.7 Å². The maximum Gasteiger partial charge on any atom is 0.254 e. The van der Waals surface area contributed by atoms with Crippen LogP contribution in [0.15, 0.2) is 48.5 Å². The number of nitrogens with zero attached hydrogens (tertiary/aromatic N) is 2. The number of carbonyl (C=O) groups excluding carboxylic acids is 3. The Balaban J connectivity index is 1.67. The molecule has 3 rings (SSSR count). The molecule has 2 aromatic carbocycles. The van der Waals surface area contributed by atoms with Crippen LogP contribution in [-0.4, -0.2) is 53.7 Å². The first-order chi connectivity index (χ1) is 13.8. The number of nitrogens with one attached hydrogen (secondary N) is 1. The number of hydrogen-bond donors (Lipinski definition) is 2. The Morgan fingerprint density at radius 2 is 1.69 bits per heavy atom. The quantitative estimate of drug-likeness (QED) is 0.784. The third kappa shape index (κ3) is 5.13. The molecular formula is C21H23ClN4O3. The zero-order valence-electron chi connectivity index (χ0n) is 16.1. The normalized spacial score (nSPS) is 15.6. The van der Waals surface area contributed by atoms with E-state index in [0.29, 0.717) is 42.5 Å². The molecule has 29 heavy (non-hydrogen) atoms. The third-order valence-corrected chi connectivity index (χ3v) is 5.10. The summed E-state index contributed by atoms with van der Waals surface area (Å²) < 4.78 is 0. The molecule has 1 saturated heterocycles. The van der Waals surface area contributed by atoms with Crippen molar-refractivity contribution in [1.82, 2.24) is 9.80 Å². The number of halogens is 1. The molecular weight excluding hydrogens is 392 g/mol. The summed E-state index contributed by atoms with van der Waals surface area (Å²) in [6.45, 7) is 3.41. The molecule has 1 aliphatic rings. The van der Waals surface area contributed by atoms with E-state index in [0.717, 1.165) is 5.56 Å². The molecule has 0 aliphatic carbocycles. The molecule has 0 aromatic heterocycles. The predicted octanol–water partition coefficient (Wildman–Crippen LogP) is 2.28. The van der Waals surface area contributed by atoms with Crippen LogP contribution in [0.5, 0.6) is 0 Å². The molecule has 7 nitrogen and oxygen atoms in total. The molecule has 8 heteroatoms. The number of carbonyl (C=O) groups is 3. The number of rotatable bonds is 5. The predicted molar refractivity (Wildman–Crippen MR) is 112 cm³/mol. The standard InChI is InChI=1S/C21H23ClN4O3/c1-14(27)24-18-4-2-3-16(13-18)21(29)26-11-9-25(10-12-26)19(20(23)28)15-5-7-17(22)8-6-15/h2-8,13,19H,9-12H2,1H3,(H2,23,28)(H,24,27). The minimum atomic E-state index is -0.562. The average Bonchev–Trinajstić information content (AvgIpc) is 2.69. The molecule has 1 aliphatic heterocycles. The molecule has 0 bridgehead atoms. The summed E-state index contributed by atoms with van der Waals surface area (Å²) in [4.78, 5) is 39.9. The van der Waals surface area contributed by atoms with Gasteiger partial charge in [0, 0.05) is 49.4 Å². The van der Waals surface area contributed by atoms with Crippen molar-refractivity contribution in [3.63, 3.8) is 0 Å². The van der Waals surface area contributed by atoms with E-state index in [9.17, 15) is 14.4 Å². The summed E-state index contributed by atoms with van der Waals surface area (Å²) in [6.07, 6.45) is 0. The monoisotopic (exact) mass is 414 g/mol. The fraction of sp³-hybridized carbons (Fsp3) is 0.286. The van der Waals surface area contributed by atoms with E-state index < -0.39 is 11.9 Å². The molecule has 0 saturated carbocycles. The van der Waals surface area contributed by atoms with E-state index in [-0.39, 0.29) is 11.8 Å². The smallest absolute Gasteiger partial charge is 0.254 e. The summed E-state index contributed by atoms with van der Waals surface area (Å²) in [7, 11) is 0. The van der Waals surface area contributed by atoms with E-state index in [2.05, 4.69) is 5.32 Å². The van der Waals surface area contributed by atoms with Crippen molar-refractivity contribution in [2.24, 2.45) is 5.73 Å². The maximum atomic E-state index is 12.8. The number of nitrogens with two attached hydrogens (primary N) is 1. The van der Waals surface area contributed by atoms with E-state index in [1.165, 1.54) is 6.92 Å². The van der Waals surface area contributed by atoms with Gasteiger partial charge in [-0.15, -0.1) is 0 Å². The highest BCUT2D eigenvalue weighted by Crippen LogP contribution is 2.24. The minimum absolute atomic E-state index is 0.112. The second-order valence-corrected chi connectivity index (χ2v) is 7.38. The summed E-state index contributed by atoms with van der Waals surface area (Å²) in [6, 6.07) is 13.3. The zero-order chi connectivity index (χ0) is 21.0. The van der Waals surface area contributed by atoms with E-state index in [4.69, 9.17) is 17.3 Å². The molecule has 1 fully saturated rings. The molecule has 1 atom stereocenters. The molecule has 152 valence electrons. The van der Waals surface area contributed by atoms with Gasteiger partial charge in [0.05, 0.1) is 0 Å². The fourth-order valence-electron chi connectivity index (χ4n) is 3.50. The van der Waals surface area contributed by atoms with Gasteiger partial charge in [-0.05, 0) is 35.9 Å². The highest BCUT2D eigenvalue weighted by Gasteiger charge is 2.30. The number of amides is 3. The Morgan fingerprint density at radius 3 is 2.28 bits per heavy atom. The second-order valence-electron chi connectivity index (χ2n) is 6.95. The molecule has 1 unspecified atom stereocenters. The first-order valence-electron chi connectivity index (χ1n) is 9.31. The van der Waals surface area contributed by atoms with Gasteiger partial charge in [0.2, 0.25) is 11.8 Å². The van der Waals surface area contributed by atoms with Gasteiger partial charge in [0.1, 0.15) is 6.04 Å². The molecule has 0 spiro atoms. The summed E-state index contributed by atoms with van der Waals surface area (Å²) in [5.41, 5.74) is 7.52. The van der Waals surface area contributed by atoms with Crippen molar-refractivity contribution >= 4 is 35.0 Å². The van der Waals surface area contributed by atoms with Crippen LogP contribution in [-0.2, 0) is 9.59 Å². The number of hydrogen-bond acceptors (Lipinski definition) is 4. The lowest BCUT2D eigenvalue weighted by molar-refractivity contribution is -0.124. The van der Waals surface area contributed by atoms with Crippen LogP contribution < -0.4 is 11.1 Å². The first-order valence-corrected chi connectivity index (χ1v) is 9.68. The molecule has 3 N–H and O–H groups in total. The van der Waals surface area contributed by atoms with Crippen LogP contribution in [0.3, 0.4) is 0 Å². The van der Waals surface area contributed by atoms with Gasteiger partial charge in [-0.1, -0.05) is 29.8 Å². The highest BCUT2D eigenvalue weighted by atomic mass is 35.5. The van der Waals surface area contributed by atoms with Crippen LogP contribution in [0, 0.1) is 0 Å². The van der Waals surface area contributed by atoms with Crippen molar-refractivity contribution in [3.8, 4) is 0 Å². The van der Waals surface area contributed by atoms with Crippen molar-refractivity contribution in [2.75, 3.05) is 31.5 Å². The lowest BCUT2D eigenvalue weighted by atomic mass is 10.0. The van der Waals surface area contributed by atoms with Crippen molar-refractivity contribution in [1.29, 1.82) is 0 Å². The summed E-state index contributed by atoms with van der Waals surface area (Å²) in [5.74, 6) is -0.739. The fourth-order valence-corrected chi connectivity index (χ4v) is 3.63. The SMILES string of the molecule is CC(=O)Nc1cccc(C(=O)N2CCN(C(C(N)=O)c3ccc(Cl)cc3)CC2)c1. The minimum Gasteiger partial charge on any atom is -0.368 e. The van der Waals surface area contributed by atoms with Gasteiger partial charge in [-0.2, -0.15) is 0 Å². The van der Waals surface area contributed by atoms with Gasteiger partial charge in [0.15, 0.2) is 0 Å². The average molecular weight is 415 g/mol. The van der Waals surface area contributed by atoms with Gasteiger partial charge in [-0.3, -0.25) is 19.3 Å². The summed E-state index contributed by atoms with van der Waals surface area (Å²) >= 11 is 5.94. The number of piperazine rings is 1. The summed E-state index contributed by atoms with van der Waals surface area (Å²) in [5, 5.41) is 3.27. The molecule has 3 amide bonds. The third-order valence-electron chi connectivity index (χ3n) is 4.85. The molecule has 0 radical (unpaired) electrons. The maximum absolute atomic E-state index is 12.8. The van der Waals surface area contributed by atoms with Gasteiger partial charge in [0.25, 0.3) is 5.91 Å². The Hall–Kier alpha value is -2.90. The van der Waals surface area contributed by atoms with Crippen LogP contribution in [0.25, 0.3) is 0 Å². The number of benzene rings is 2. The topological polar surface area (TPSA) is 95.7 Å². The Kier molecular flexibility index (Phi) is 6.51. The zero-order valence-corrected chi connectivity index (χ0v) is 16.9. The Morgan fingerprint density at radius 1 is 1.03 bits per heavy atom. The molecule has 1 heterocycles. The van der Waals surface area contributed by atoms with E-state index >= 15 is 0 Å². The highest BCUT2D eigenvalue weighted by molar-refractivity contribution is 6.30. The van der Waals surface area contributed by atoms with Crippen LogP contribution in [0.2, 0.25) is 5.02 Å². The Bertz CT molecular complexity index is 908. The van der Waals surface area contributed by atoms with Crippen molar-refractivity contribution < 1.29 is 14.4 Å². The van der Waals surface area contributed by atoms with Crippen LogP contribution >= 0.6 is 11.6 Å². The van der Waals surface area contributed by atoms with Gasteiger partial charge in [-0.25, -0.2) is 0 Å². The lowest BCUT2D eigenvalue weighted by Gasteiger charge is -2.38. The van der Waals surface area contributed by atoms with Crippen LogP contribution in [0.4, 0.5) is 5.69 Å². The van der Waals surface area contributed by atoms with Gasteiger partial charge < -0.3 is 16.0 Å². The first kappa shape index (κ1) is 20.8. The van der Waals surface area contributed by atoms with Crippen molar-refractivity contribution in [2.45, 2.75) is 13.0 Å². The Labute approximate surface area is 174 Å². The second kappa shape index (κ2) is 9.07. The largest absolute Gasteiger partial charge is 0.368 e. The number of anilines is 1. The van der Waals surface area contributed by atoms with Gasteiger partial charge >= 0.3 is 0 Å². The van der Waals surface area contributed by atoms with E-state index in [1.54, 1.807) is 53.4 Å². The van der Waals surface area contributed by atoms with Crippen LogP contribution in [0.1, 0.15) is 28.9 Å². The lowest BCUT2D eigenvalue weighted by Crippen LogP contribution is -2.51. The molecule has 2 aromatic rings.